The van der Waals surface area contributed by atoms with Crippen molar-refractivity contribution in [2.45, 2.75) is 12.1 Å². The highest BCUT2D eigenvalue weighted by molar-refractivity contribution is 5.68. The molecule has 0 saturated heterocycles. The third-order valence-electron chi connectivity index (χ3n) is 3.04. The van der Waals surface area contributed by atoms with Gasteiger partial charge in [-0.25, -0.2) is 4.79 Å². The fourth-order valence-corrected chi connectivity index (χ4v) is 1.85. The molecular weight excluding hydrogens is 332 g/mol. The van der Waals surface area contributed by atoms with Gasteiger partial charge in [0.05, 0.1) is 19.1 Å². The van der Waals surface area contributed by atoms with Gasteiger partial charge in [0.15, 0.2) is 6.23 Å². The third kappa shape index (κ3) is 8.13. The van der Waals surface area contributed by atoms with Crippen molar-refractivity contribution in [2.24, 2.45) is 10.8 Å². The summed E-state index contributed by atoms with van der Waals surface area (Å²) in [5.74, 6) is -1.03. The molecule has 0 aliphatic rings. The van der Waals surface area contributed by atoms with Gasteiger partial charge in [0.25, 0.3) is 0 Å². The number of aliphatic carboxylic acids is 1. The van der Waals surface area contributed by atoms with E-state index in [2.05, 4.69) is 10.0 Å². The molecule has 10 nitrogen and oxygen atoms in total. The monoisotopic (exact) mass is 352 g/mol. The van der Waals surface area contributed by atoms with Crippen LogP contribution in [0.4, 0.5) is 0 Å². The summed E-state index contributed by atoms with van der Waals surface area (Å²) in [6.45, 7) is -0.218. The SMILES string of the molecule is [N-]=[N+]=NC(COc1cccc(C(C=O)CN)c1)OCCOCC(=O)O. The predicted octanol–water partition coefficient (Wildman–Crippen LogP) is 1.06. The highest BCUT2D eigenvalue weighted by Crippen LogP contribution is 2.19. The van der Waals surface area contributed by atoms with Crippen LogP contribution in [0.25, 0.3) is 10.4 Å². The second-order valence-electron chi connectivity index (χ2n) is 4.84. The number of hydrogen-bond acceptors (Lipinski definition) is 7. The first kappa shape index (κ1) is 20.4. The third-order valence-corrected chi connectivity index (χ3v) is 3.04. The van der Waals surface area contributed by atoms with Gasteiger partial charge >= 0.3 is 5.97 Å². The number of carbonyl (C=O) groups is 2. The molecule has 0 aliphatic carbocycles. The number of carboxylic acids is 1. The van der Waals surface area contributed by atoms with Crippen LogP contribution in [0.1, 0.15) is 11.5 Å². The number of azide groups is 1. The van der Waals surface area contributed by atoms with Crippen molar-refractivity contribution in [3.63, 3.8) is 0 Å². The van der Waals surface area contributed by atoms with Gasteiger partial charge < -0.3 is 29.8 Å². The Bertz CT molecular complexity index is 605. The number of rotatable bonds is 13. The summed E-state index contributed by atoms with van der Waals surface area (Å²) < 4.78 is 15.6. The topological polar surface area (TPSA) is 157 Å². The number of ether oxygens (including phenoxy) is 3. The molecule has 0 radical (unpaired) electrons. The summed E-state index contributed by atoms with van der Waals surface area (Å²) in [7, 11) is 0. The van der Waals surface area contributed by atoms with Crippen LogP contribution in [0.15, 0.2) is 29.4 Å². The minimum atomic E-state index is -1.08. The second-order valence-corrected chi connectivity index (χ2v) is 4.84. The van der Waals surface area contributed by atoms with E-state index in [1.54, 1.807) is 24.3 Å². The lowest BCUT2D eigenvalue weighted by Gasteiger charge is -2.15. The average molecular weight is 352 g/mol. The number of carbonyl (C=O) groups excluding carboxylic acids is 1. The molecule has 0 fully saturated rings. The van der Waals surface area contributed by atoms with Gasteiger partial charge in [-0.15, -0.1) is 0 Å². The maximum absolute atomic E-state index is 11.0. The van der Waals surface area contributed by atoms with E-state index in [1.807, 2.05) is 0 Å². The van der Waals surface area contributed by atoms with Crippen LogP contribution >= 0.6 is 0 Å². The lowest BCUT2D eigenvalue weighted by atomic mass is 10.0. The van der Waals surface area contributed by atoms with Crippen molar-refractivity contribution in [3.05, 3.63) is 40.3 Å². The van der Waals surface area contributed by atoms with Gasteiger partial charge in [-0.1, -0.05) is 17.2 Å². The molecule has 10 heteroatoms. The zero-order valence-corrected chi connectivity index (χ0v) is 13.5. The Morgan fingerprint density at radius 2 is 2.24 bits per heavy atom. The Kier molecular flexibility index (Phi) is 9.64. The summed E-state index contributed by atoms with van der Waals surface area (Å²) in [5, 5.41) is 11.9. The summed E-state index contributed by atoms with van der Waals surface area (Å²) in [6, 6.07) is 6.85. The molecule has 3 N–H and O–H groups in total. The largest absolute Gasteiger partial charge is 0.491 e. The Morgan fingerprint density at radius 3 is 2.88 bits per heavy atom. The summed E-state index contributed by atoms with van der Waals surface area (Å²) >= 11 is 0. The van der Waals surface area contributed by atoms with Crippen molar-refractivity contribution in [1.82, 2.24) is 0 Å². The van der Waals surface area contributed by atoms with E-state index in [0.29, 0.717) is 5.75 Å². The standard InChI is InChI=1S/C15H20N4O6/c16-7-12(8-20)11-2-1-3-13(6-11)25-9-14(18-19-17)24-5-4-23-10-15(21)22/h1-3,6,8,12,14H,4-5,7,9-10,16H2,(H,21,22). The lowest BCUT2D eigenvalue weighted by Crippen LogP contribution is -2.22. The quantitative estimate of drug-likeness (QED) is 0.177. The van der Waals surface area contributed by atoms with E-state index in [0.717, 1.165) is 11.8 Å². The number of benzene rings is 1. The first-order chi connectivity index (χ1) is 12.1. The molecule has 136 valence electrons. The summed E-state index contributed by atoms with van der Waals surface area (Å²) in [4.78, 5) is 23.9. The molecule has 0 saturated carbocycles. The van der Waals surface area contributed by atoms with Crippen molar-refractivity contribution in [2.75, 3.05) is 33.0 Å². The molecule has 2 unspecified atom stereocenters. The minimum absolute atomic E-state index is 0.0384. The molecular formula is C15H20N4O6. The van der Waals surface area contributed by atoms with E-state index in [-0.39, 0.29) is 26.4 Å². The number of aldehydes is 1. The fraction of sp³-hybridized carbons (Fsp3) is 0.467. The van der Waals surface area contributed by atoms with Crippen LogP contribution in [-0.2, 0) is 19.1 Å². The van der Waals surface area contributed by atoms with Gasteiger partial charge in [0, 0.05) is 11.5 Å². The Hall–Kier alpha value is -2.65. The van der Waals surface area contributed by atoms with E-state index in [9.17, 15) is 9.59 Å². The molecule has 25 heavy (non-hydrogen) atoms. The smallest absolute Gasteiger partial charge is 0.329 e. The van der Waals surface area contributed by atoms with E-state index in [1.165, 1.54) is 0 Å². The van der Waals surface area contributed by atoms with Gasteiger partial charge in [-0.05, 0) is 23.2 Å². The highest BCUT2D eigenvalue weighted by atomic mass is 16.6. The molecule has 0 heterocycles. The van der Waals surface area contributed by atoms with Crippen molar-refractivity contribution in [1.29, 1.82) is 0 Å². The number of carboxylic acid groups (broad SMARTS) is 1. The van der Waals surface area contributed by atoms with Gasteiger partial charge in [0.1, 0.15) is 25.2 Å². The maximum Gasteiger partial charge on any atom is 0.329 e. The first-order valence-corrected chi connectivity index (χ1v) is 7.44. The highest BCUT2D eigenvalue weighted by Gasteiger charge is 2.11. The number of hydrogen-bond donors (Lipinski definition) is 2. The average Bonchev–Trinajstić information content (AvgIpc) is 2.60. The summed E-state index contributed by atoms with van der Waals surface area (Å²) in [6.07, 6.45) is -0.138. The Morgan fingerprint density at radius 1 is 1.44 bits per heavy atom. The van der Waals surface area contributed by atoms with Crippen molar-refractivity contribution < 1.29 is 28.9 Å². The van der Waals surface area contributed by atoms with Gasteiger partial charge in [-0.3, -0.25) is 0 Å². The minimum Gasteiger partial charge on any atom is -0.491 e. The van der Waals surface area contributed by atoms with Gasteiger partial charge in [0.2, 0.25) is 0 Å². The van der Waals surface area contributed by atoms with E-state index in [4.69, 9.17) is 30.6 Å². The maximum atomic E-state index is 11.0. The van der Waals surface area contributed by atoms with Crippen molar-refractivity contribution >= 4 is 12.3 Å². The Balaban J connectivity index is 2.51. The van der Waals surface area contributed by atoms with Crippen LogP contribution in [-0.4, -0.2) is 56.6 Å². The molecule has 1 aromatic carbocycles. The van der Waals surface area contributed by atoms with Gasteiger partial charge in [-0.2, -0.15) is 0 Å². The van der Waals surface area contributed by atoms with Crippen LogP contribution in [0.3, 0.4) is 0 Å². The van der Waals surface area contributed by atoms with Crippen LogP contribution in [0.5, 0.6) is 5.75 Å². The van der Waals surface area contributed by atoms with Crippen LogP contribution in [0, 0.1) is 0 Å². The zero-order chi connectivity index (χ0) is 18.5. The molecule has 0 aliphatic heterocycles. The number of nitrogens with two attached hydrogens (primary N) is 1. The predicted molar refractivity (Wildman–Crippen MR) is 87.1 cm³/mol. The zero-order valence-electron chi connectivity index (χ0n) is 13.5. The van der Waals surface area contributed by atoms with E-state index >= 15 is 0 Å². The molecule has 2 atom stereocenters. The second kappa shape index (κ2) is 11.8. The summed E-state index contributed by atoms with van der Waals surface area (Å²) in [5.41, 5.74) is 14.8. The van der Waals surface area contributed by atoms with E-state index < -0.39 is 24.7 Å². The number of nitrogens with zero attached hydrogens (tertiary/aromatic N) is 3. The molecule has 1 rings (SSSR count). The molecule has 0 aromatic heterocycles. The van der Waals surface area contributed by atoms with Crippen LogP contribution < -0.4 is 10.5 Å². The Labute approximate surface area is 144 Å². The molecule has 0 spiro atoms. The molecule has 0 bridgehead atoms. The fourth-order valence-electron chi connectivity index (χ4n) is 1.85. The lowest BCUT2D eigenvalue weighted by molar-refractivity contribution is -0.143. The molecule has 1 aromatic rings. The van der Waals surface area contributed by atoms with Crippen molar-refractivity contribution in [3.8, 4) is 5.75 Å². The normalized spacial score (nSPS) is 12.7. The first-order valence-electron chi connectivity index (χ1n) is 7.44. The van der Waals surface area contributed by atoms with Crippen LogP contribution in [0.2, 0.25) is 0 Å². The molecule has 0 amide bonds.